The number of carbonyl (C=O) groups excluding carboxylic acids is 1. The Morgan fingerprint density at radius 1 is 1.05 bits per heavy atom. The molecule has 0 bridgehead atoms. The van der Waals surface area contributed by atoms with Gasteiger partial charge in [-0.1, -0.05) is 18.2 Å². The van der Waals surface area contributed by atoms with Crippen molar-refractivity contribution in [3.8, 4) is 0 Å². The third kappa shape index (κ3) is 2.32. The Kier molecular flexibility index (Phi) is 3.29. The van der Waals surface area contributed by atoms with E-state index in [9.17, 15) is 9.18 Å². The second-order valence-corrected chi connectivity index (χ2v) is 4.61. The van der Waals surface area contributed by atoms with Gasteiger partial charge in [-0.3, -0.25) is 4.99 Å². The van der Waals surface area contributed by atoms with Crippen molar-refractivity contribution >= 4 is 11.7 Å². The molecule has 1 aliphatic rings. The van der Waals surface area contributed by atoms with E-state index >= 15 is 0 Å². The van der Waals surface area contributed by atoms with Crippen LogP contribution < -0.4 is 4.99 Å². The molecule has 3 rings (SSSR count). The Bertz CT molecular complexity index is 650. The second-order valence-electron chi connectivity index (χ2n) is 4.61. The van der Waals surface area contributed by atoms with Crippen LogP contribution in [0.5, 0.6) is 0 Å². The number of amidine groups is 1. The van der Waals surface area contributed by atoms with Gasteiger partial charge in [-0.05, 0) is 36.4 Å². The Morgan fingerprint density at radius 3 is 2.45 bits per heavy atom. The highest BCUT2D eigenvalue weighted by molar-refractivity contribution is 6.10. The van der Waals surface area contributed by atoms with Crippen molar-refractivity contribution in [1.82, 2.24) is 4.90 Å². The number of halogens is 1. The van der Waals surface area contributed by atoms with Crippen LogP contribution in [-0.4, -0.2) is 29.7 Å². The second kappa shape index (κ2) is 5.25. The molecule has 1 heterocycles. The largest absolute Gasteiger partial charge is 0.341 e. The van der Waals surface area contributed by atoms with Gasteiger partial charge in [0.1, 0.15) is 18.9 Å². The van der Waals surface area contributed by atoms with Crippen LogP contribution in [0.3, 0.4) is 0 Å². The molecule has 0 radical (unpaired) electrons. The summed E-state index contributed by atoms with van der Waals surface area (Å²) in [4.78, 5) is 17.4. The maximum Gasteiger partial charge on any atom is 0.341 e. The van der Waals surface area contributed by atoms with E-state index in [1.807, 2.05) is 30.3 Å². The van der Waals surface area contributed by atoms with Gasteiger partial charge in [0.15, 0.2) is 0 Å². The zero-order chi connectivity index (χ0) is 13.9. The normalized spacial score (nSPS) is 14.2. The van der Waals surface area contributed by atoms with Gasteiger partial charge in [0.25, 0.3) is 5.84 Å². The summed E-state index contributed by atoms with van der Waals surface area (Å²) in [6.45, 7) is 1.33. The lowest BCUT2D eigenvalue weighted by atomic mass is 10.1. The van der Waals surface area contributed by atoms with E-state index in [0.29, 0.717) is 12.1 Å². The molecule has 1 N–H and O–H groups in total. The number of benzene rings is 2. The fraction of sp³-hybridized carbons (Fsp3) is 0.125. The molecular formula is C16H14FN2O+. The molecule has 4 heteroatoms. The average Bonchev–Trinajstić information content (AvgIpc) is 2.97. The minimum atomic E-state index is -0.339. The van der Waals surface area contributed by atoms with Crippen LogP contribution in [0.1, 0.15) is 15.9 Å². The quantitative estimate of drug-likeness (QED) is 0.860. The molecular weight excluding hydrogens is 255 g/mol. The van der Waals surface area contributed by atoms with Crippen LogP contribution >= 0.6 is 0 Å². The molecule has 0 atom stereocenters. The highest BCUT2D eigenvalue weighted by Gasteiger charge is 2.33. The fourth-order valence-corrected chi connectivity index (χ4v) is 2.30. The zero-order valence-corrected chi connectivity index (χ0v) is 10.8. The predicted molar refractivity (Wildman–Crippen MR) is 73.8 cm³/mol. The van der Waals surface area contributed by atoms with Crippen molar-refractivity contribution in [1.29, 1.82) is 0 Å². The molecule has 0 unspecified atom stereocenters. The van der Waals surface area contributed by atoms with E-state index in [-0.39, 0.29) is 11.7 Å². The molecule has 100 valence electrons. The summed E-state index contributed by atoms with van der Waals surface area (Å²) in [5.74, 6) is 0.349. The first-order valence-corrected chi connectivity index (χ1v) is 6.49. The van der Waals surface area contributed by atoms with Gasteiger partial charge < -0.3 is 0 Å². The van der Waals surface area contributed by atoms with E-state index in [1.54, 1.807) is 4.90 Å². The molecule has 2 aromatic carbocycles. The van der Waals surface area contributed by atoms with Gasteiger partial charge in [0.05, 0.1) is 11.1 Å². The van der Waals surface area contributed by atoms with Crippen LogP contribution in [-0.2, 0) is 0 Å². The third-order valence-electron chi connectivity index (χ3n) is 3.28. The number of amides is 1. The number of hydrogen-bond acceptors (Lipinski definition) is 1. The van der Waals surface area contributed by atoms with Gasteiger partial charge >= 0.3 is 5.91 Å². The maximum absolute atomic E-state index is 12.9. The SMILES string of the molecule is O=C(c1ccc(F)cc1)N1CC[NH+]=C1c1ccccc1. The lowest BCUT2D eigenvalue weighted by molar-refractivity contribution is -0.444. The van der Waals surface area contributed by atoms with Crippen LogP contribution in [0.4, 0.5) is 4.39 Å². The maximum atomic E-state index is 12.9. The molecule has 0 saturated carbocycles. The lowest BCUT2D eigenvalue weighted by Gasteiger charge is -2.10. The van der Waals surface area contributed by atoms with Gasteiger partial charge in [-0.25, -0.2) is 9.18 Å². The van der Waals surface area contributed by atoms with E-state index in [2.05, 4.69) is 4.99 Å². The number of nitrogens with one attached hydrogen (secondary N) is 1. The average molecular weight is 269 g/mol. The highest BCUT2D eigenvalue weighted by Crippen LogP contribution is 2.11. The topological polar surface area (TPSA) is 34.3 Å². The first-order valence-electron chi connectivity index (χ1n) is 6.49. The van der Waals surface area contributed by atoms with Crippen LogP contribution in [0.15, 0.2) is 54.6 Å². The minimum Gasteiger partial charge on any atom is -0.270 e. The number of rotatable bonds is 2. The van der Waals surface area contributed by atoms with Crippen LogP contribution in [0.2, 0.25) is 0 Å². The summed E-state index contributed by atoms with van der Waals surface area (Å²) in [5.41, 5.74) is 1.46. The highest BCUT2D eigenvalue weighted by atomic mass is 19.1. The Morgan fingerprint density at radius 2 is 1.75 bits per heavy atom. The van der Waals surface area contributed by atoms with Crippen LogP contribution in [0.25, 0.3) is 0 Å². The van der Waals surface area contributed by atoms with Gasteiger partial charge in [0, 0.05) is 0 Å². The summed E-state index contributed by atoms with van der Waals surface area (Å²) < 4.78 is 12.9. The van der Waals surface area contributed by atoms with Gasteiger partial charge in [-0.15, -0.1) is 0 Å². The van der Waals surface area contributed by atoms with Crippen molar-refractivity contribution in [2.45, 2.75) is 0 Å². The standard InChI is InChI=1S/C16H13FN2O/c17-14-8-6-13(7-9-14)16(20)19-11-10-18-15(19)12-4-2-1-3-5-12/h1-9H,10-11H2/p+1. The molecule has 2 aromatic rings. The molecule has 0 aliphatic carbocycles. The van der Waals surface area contributed by atoms with Crippen molar-refractivity contribution in [3.63, 3.8) is 0 Å². The zero-order valence-electron chi connectivity index (χ0n) is 10.8. The number of nitrogens with zero attached hydrogens (tertiary/aromatic N) is 1. The smallest absolute Gasteiger partial charge is 0.270 e. The summed E-state index contributed by atoms with van der Waals surface area (Å²) in [6.07, 6.45) is 0. The summed E-state index contributed by atoms with van der Waals surface area (Å²) in [5, 5.41) is 0. The molecule has 1 aliphatic heterocycles. The fourth-order valence-electron chi connectivity index (χ4n) is 2.30. The Balaban J connectivity index is 1.89. The van der Waals surface area contributed by atoms with E-state index < -0.39 is 0 Å². The predicted octanol–water partition coefficient (Wildman–Crippen LogP) is 0.809. The van der Waals surface area contributed by atoms with Crippen molar-refractivity contribution in [2.75, 3.05) is 13.1 Å². The Labute approximate surface area is 116 Å². The summed E-state index contributed by atoms with van der Waals surface area (Å²) in [7, 11) is 0. The minimum absolute atomic E-state index is 0.117. The molecule has 3 nitrogen and oxygen atoms in total. The Hall–Kier alpha value is -2.49. The van der Waals surface area contributed by atoms with Crippen molar-refractivity contribution in [3.05, 3.63) is 71.5 Å². The first-order chi connectivity index (χ1) is 9.75. The number of hydrogen-bond donors (Lipinski definition) is 1. The van der Waals surface area contributed by atoms with Crippen molar-refractivity contribution in [2.24, 2.45) is 0 Å². The lowest BCUT2D eigenvalue weighted by Crippen LogP contribution is -2.71. The van der Waals surface area contributed by atoms with Gasteiger partial charge in [0.2, 0.25) is 0 Å². The van der Waals surface area contributed by atoms with E-state index in [4.69, 9.17) is 0 Å². The van der Waals surface area contributed by atoms with E-state index in [1.165, 1.54) is 24.3 Å². The summed E-state index contributed by atoms with van der Waals surface area (Å²) >= 11 is 0. The van der Waals surface area contributed by atoms with Gasteiger partial charge in [-0.2, -0.15) is 4.90 Å². The molecule has 0 spiro atoms. The molecule has 20 heavy (non-hydrogen) atoms. The number of carbonyl (C=O) groups is 1. The van der Waals surface area contributed by atoms with E-state index in [0.717, 1.165) is 17.9 Å². The third-order valence-corrected chi connectivity index (χ3v) is 3.28. The molecule has 0 aromatic heterocycles. The summed E-state index contributed by atoms with van der Waals surface area (Å²) in [6, 6.07) is 15.4. The van der Waals surface area contributed by atoms with Crippen molar-refractivity contribution < 1.29 is 14.2 Å². The molecule has 1 amide bonds. The van der Waals surface area contributed by atoms with Crippen LogP contribution in [0, 0.1) is 5.82 Å². The first kappa shape index (κ1) is 12.5. The molecule has 0 fully saturated rings. The molecule has 0 saturated heterocycles. The monoisotopic (exact) mass is 269 g/mol.